The van der Waals surface area contributed by atoms with Crippen molar-refractivity contribution in [2.45, 2.75) is 24.9 Å². The predicted molar refractivity (Wildman–Crippen MR) is 61.1 cm³/mol. The summed E-state index contributed by atoms with van der Waals surface area (Å²) < 4.78 is 36.4. The summed E-state index contributed by atoms with van der Waals surface area (Å²) in [6, 6.07) is 9.58. The Bertz CT molecular complexity index is 416. The van der Waals surface area contributed by atoms with Crippen molar-refractivity contribution in [1.29, 1.82) is 0 Å². The smallest absolute Gasteiger partial charge is 0.342 e. The van der Waals surface area contributed by atoms with Crippen LogP contribution in [0, 0.1) is 0 Å². The standard InChI is InChI=1S/C13H14F3NO/c14-13(15,16)8-12(18)17-7-6-11(9-17)10-4-2-1-3-5-10/h1-5,11H,6-9H2/t11-/m1/s1. The SMILES string of the molecule is O=C(CC(F)(F)F)N1CC[C@@H](c2ccccc2)C1. The van der Waals surface area contributed by atoms with Gasteiger partial charge in [0.25, 0.3) is 0 Å². The average molecular weight is 257 g/mol. The summed E-state index contributed by atoms with van der Waals surface area (Å²) in [6.07, 6.45) is -5.04. The van der Waals surface area contributed by atoms with Gasteiger partial charge < -0.3 is 4.90 Å². The van der Waals surface area contributed by atoms with Gasteiger partial charge in [-0.25, -0.2) is 0 Å². The molecule has 1 atom stereocenters. The van der Waals surface area contributed by atoms with E-state index in [-0.39, 0.29) is 5.92 Å². The molecule has 0 aliphatic carbocycles. The second kappa shape index (κ2) is 5.00. The molecule has 0 N–H and O–H groups in total. The number of likely N-dealkylation sites (tertiary alicyclic amines) is 1. The van der Waals surface area contributed by atoms with Crippen molar-refractivity contribution >= 4 is 5.91 Å². The molecule has 1 fully saturated rings. The van der Waals surface area contributed by atoms with Gasteiger partial charge >= 0.3 is 6.18 Å². The summed E-state index contributed by atoms with van der Waals surface area (Å²) in [5, 5.41) is 0. The first kappa shape index (κ1) is 12.9. The van der Waals surface area contributed by atoms with Crippen LogP contribution in [0.25, 0.3) is 0 Å². The number of carbonyl (C=O) groups excluding carboxylic acids is 1. The van der Waals surface area contributed by atoms with Gasteiger partial charge in [0, 0.05) is 19.0 Å². The molecule has 2 nitrogen and oxygen atoms in total. The van der Waals surface area contributed by atoms with Crippen molar-refractivity contribution in [2.75, 3.05) is 13.1 Å². The second-order valence-corrected chi connectivity index (χ2v) is 4.53. The molecule has 2 rings (SSSR count). The van der Waals surface area contributed by atoms with Gasteiger partial charge in [0.15, 0.2) is 0 Å². The van der Waals surface area contributed by atoms with Crippen LogP contribution in [0.5, 0.6) is 0 Å². The van der Waals surface area contributed by atoms with Gasteiger partial charge in [-0.1, -0.05) is 30.3 Å². The number of halogens is 3. The van der Waals surface area contributed by atoms with Crippen LogP contribution >= 0.6 is 0 Å². The van der Waals surface area contributed by atoms with Gasteiger partial charge in [-0.05, 0) is 12.0 Å². The highest BCUT2D eigenvalue weighted by Crippen LogP contribution is 2.29. The monoisotopic (exact) mass is 257 g/mol. The normalized spacial score (nSPS) is 20.2. The van der Waals surface area contributed by atoms with E-state index in [9.17, 15) is 18.0 Å². The molecular formula is C13H14F3NO. The second-order valence-electron chi connectivity index (χ2n) is 4.53. The molecule has 1 amide bonds. The molecule has 0 bridgehead atoms. The third-order valence-corrected chi connectivity index (χ3v) is 3.16. The first-order valence-electron chi connectivity index (χ1n) is 5.85. The van der Waals surface area contributed by atoms with Crippen LogP contribution in [0.1, 0.15) is 24.3 Å². The van der Waals surface area contributed by atoms with Gasteiger partial charge in [0.2, 0.25) is 5.91 Å². The van der Waals surface area contributed by atoms with Crippen molar-refractivity contribution in [1.82, 2.24) is 4.90 Å². The molecule has 98 valence electrons. The van der Waals surface area contributed by atoms with E-state index in [4.69, 9.17) is 0 Å². The van der Waals surface area contributed by atoms with E-state index in [1.54, 1.807) is 0 Å². The fraction of sp³-hybridized carbons (Fsp3) is 0.462. The Balaban J connectivity index is 1.95. The zero-order chi connectivity index (χ0) is 13.2. The van der Waals surface area contributed by atoms with Crippen molar-refractivity contribution in [3.63, 3.8) is 0 Å². The highest BCUT2D eigenvalue weighted by Gasteiger charge is 2.36. The lowest BCUT2D eigenvalue weighted by molar-refractivity contribution is -0.160. The number of carbonyl (C=O) groups is 1. The number of hydrogen-bond acceptors (Lipinski definition) is 1. The molecule has 0 radical (unpaired) electrons. The van der Waals surface area contributed by atoms with E-state index in [0.29, 0.717) is 13.1 Å². The number of hydrogen-bond donors (Lipinski definition) is 0. The zero-order valence-electron chi connectivity index (χ0n) is 9.78. The molecule has 1 aromatic carbocycles. The average Bonchev–Trinajstić information content (AvgIpc) is 2.77. The molecule has 0 saturated carbocycles. The minimum absolute atomic E-state index is 0.156. The zero-order valence-corrected chi connectivity index (χ0v) is 9.78. The van der Waals surface area contributed by atoms with Crippen molar-refractivity contribution in [3.05, 3.63) is 35.9 Å². The molecule has 1 heterocycles. The molecular weight excluding hydrogens is 243 g/mol. The molecule has 0 unspecified atom stereocenters. The van der Waals surface area contributed by atoms with E-state index in [1.165, 1.54) is 4.90 Å². The lowest BCUT2D eigenvalue weighted by atomic mass is 9.99. The van der Waals surface area contributed by atoms with Crippen LogP contribution in [0.2, 0.25) is 0 Å². The lowest BCUT2D eigenvalue weighted by Crippen LogP contribution is -2.32. The highest BCUT2D eigenvalue weighted by molar-refractivity contribution is 5.77. The molecule has 1 aliphatic rings. The third-order valence-electron chi connectivity index (χ3n) is 3.16. The van der Waals surface area contributed by atoms with Crippen LogP contribution in [0.4, 0.5) is 13.2 Å². The molecule has 18 heavy (non-hydrogen) atoms. The first-order valence-corrected chi connectivity index (χ1v) is 5.85. The van der Waals surface area contributed by atoms with E-state index in [1.807, 2.05) is 30.3 Å². The van der Waals surface area contributed by atoms with Crippen LogP contribution < -0.4 is 0 Å². The number of alkyl halides is 3. The number of benzene rings is 1. The van der Waals surface area contributed by atoms with Crippen LogP contribution in [0.15, 0.2) is 30.3 Å². The molecule has 1 aromatic rings. The van der Waals surface area contributed by atoms with Crippen LogP contribution in [-0.2, 0) is 4.79 Å². The summed E-state index contributed by atoms with van der Waals surface area (Å²) in [7, 11) is 0. The minimum atomic E-state index is -4.41. The van der Waals surface area contributed by atoms with Crippen LogP contribution in [-0.4, -0.2) is 30.1 Å². The Morgan fingerprint density at radius 3 is 2.56 bits per heavy atom. The number of rotatable bonds is 2. The lowest BCUT2D eigenvalue weighted by Gasteiger charge is -2.17. The van der Waals surface area contributed by atoms with E-state index < -0.39 is 18.5 Å². The van der Waals surface area contributed by atoms with Crippen molar-refractivity contribution in [2.24, 2.45) is 0 Å². The first-order chi connectivity index (χ1) is 8.46. The quantitative estimate of drug-likeness (QED) is 0.797. The molecule has 5 heteroatoms. The fourth-order valence-corrected chi connectivity index (χ4v) is 2.27. The number of amides is 1. The summed E-state index contributed by atoms with van der Waals surface area (Å²) in [5.74, 6) is -0.663. The topological polar surface area (TPSA) is 20.3 Å². The van der Waals surface area contributed by atoms with E-state index in [2.05, 4.69) is 0 Å². The van der Waals surface area contributed by atoms with Gasteiger partial charge in [0.1, 0.15) is 6.42 Å². The minimum Gasteiger partial charge on any atom is -0.342 e. The summed E-state index contributed by atoms with van der Waals surface area (Å²) in [6.45, 7) is 0.799. The van der Waals surface area contributed by atoms with Crippen LogP contribution in [0.3, 0.4) is 0 Å². The number of nitrogens with zero attached hydrogens (tertiary/aromatic N) is 1. The van der Waals surface area contributed by atoms with Gasteiger partial charge in [0.05, 0.1) is 0 Å². The largest absolute Gasteiger partial charge is 0.397 e. The van der Waals surface area contributed by atoms with Gasteiger partial charge in [-0.15, -0.1) is 0 Å². The molecule has 1 aliphatic heterocycles. The third kappa shape index (κ3) is 3.24. The van der Waals surface area contributed by atoms with Gasteiger partial charge in [-0.2, -0.15) is 13.2 Å². The Morgan fingerprint density at radius 2 is 1.94 bits per heavy atom. The van der Waals surface area contributed by atoms with E-state index >= 15 is 0 Å². The Morgan fingerprint density at radius 1 is 1.28 bits per heavy atom. The maximum absolute atomic E-state index is 12.1. The van der Waals surface area contributed by atoms with E-state index in [0.717, 1.165) is 12.0 Å². The summed E-state index contributed by atoms with van der Waals surface area (Å²) >= 11 is 0. The predicted octanol–water partition coefficient (Wildman–Crippen LogP) is 2.95. The maximum Gasteiger partial charge on any atom is 0.397 e. The van der Waals surface area contributed by atoms with Crippen molar-refractivity contribution < 1.29 is 18.0 Å². The molecule has 0 spiro atoms. The Hall–Kier alpha value is -1.52. The Kier molecular flexibility index (Phi) is 3.59. The summed E-state index contributed by atoms with van der Waals surface area (Å²) in [5.41, 5.74) is 1.08. The van der Waals surface area contributed by atoms with Crippen molar-refractivity contribution in [3.8, 4) is 0 Å². The van der Waals surface area contributed by atoms with Gasteiger partial charge in [-0.3, -0.25) is 4.79 Å². The fourth-order valence-electron chi connectivity index (χ4n) is 2.27. The maximum atomic E-state index is 12.1. The summed E-state index contributed by atoms with van der Waals surface area (Å²) in [4.78, 5) is 12.8. The highest BCUT2D eigenvalue weighted by atomic mass is 19.4. The molecule has 0 aromatic heterocycles. The molecule has 1 saturated heterocycles. The Labute approximate surface area is 103 Å².